The van der Waals surface area contributed by atoms with Crippen molar-refractivity contribution in [2.45, 2.75) is 57.0 Å². The zero-order valence-electron chi connectivity index (χ0n) is 15.5. The largest absolute Gasteiger partial charge is 0.349 e. The third-order valence-corrected chi connectivity index (χ3v) is 6.95. The number of nitrogens with one attached hydrogen (secondary N) is 1. The van der Waals surface area contributed by atoms with E-state index in [1.807, 2.05) is 0 Å². The van der Waals surface area contributed by atoms with Gasteiger partial charge >= 0.3 is 0 Å². The van der Waals surface area contributed by atoms with Crippen molar-refractivity contribution < 1.29 is 4.79 Å². The number of nitrogens with zero attached hydrogens (tertiary/aromatic N) is 3. The van der Waals surface area contributed by atoms with Crippen LogP contribution in [0.25, 0.3) is 0 Å². The Morgan fingerprint density at radius 3 is 2.59 bits per heavy atom. The monoisotopic (exact) mass is 384 g/mol. The molecule has 1 N–H and O–H groups in total. The summed E-state index contributed by atoms with van der Waals surface area (Å²) in [6.45, 7) is 2.17. The van der Waals surface area contributed by atoms with Crippen LogP contribution in [0.4, 0.5) is 0 Å². The summed E-state index contributed by atoms with van der Waals surface area (Å²) in [6, 6.07) is 7.87. The lowest BCUT2D eigenvalue weighted by molar-refractivity contribution is 0.0926. The van der Waals surface area contributed by atoms with Crippen LogP contribution in [0.5, 0.6) is 0 Å². The minimum absolute atomic E-state index is 0.00679. The van der Waals surface area contributed by atoms with Crippen molar-refractivity contribution in [1.29, 1.82) is 0 Å². The Labute approximate surface area is 164 Å². The van der Waals surface area contributed by atoms with Crippen LogP contribution in [0.3, 0.4) is 0 Å². The maximum Gasteiger partial charge on any atom is 0.251 e. The van der Waals surface area contributed by atoms with Gasteiger partial charge in [-0.2, -0.15) is 5.10 Å². The second-order valence-electron chi connectivity index (χ2n) is 8.36. The molecule has 27 heavy (non-hydrogen) atoms. The molecule has 1 heterocycles. The molecule has 5 nitrogen and oxygen atoms in total. The lowest BCUT2D eigenvalue weighted by atomic mass is 9.99. The SMILES string of the molecule is CCC(NC(=O)c1ccc(Cl)cc1)C1C2CC(n3ncnc3C3CC3)CC21. The summed E-state index contributed by atoms with van der Waals surface area (Å²) in [7, 11) is 0. The molecule has 3 atom stereocenters. The zero-order valence-corrected chi connectivity index (χ0v) is 16.3. The Balaban J connectivity index is 1.21. The van der Waals surface area contributed by atoms with Crippen LogP contribution in [-0.4, -0.2) is 26.7 Å². The zero-order chi connectivity index (χ0) is 18.5. The topological polar surface area (TPSA) is 59.8 Å². The highest BCUT2D eigenvalue weighted by atomic mass is 35.5. The summed E-state index contributed by atoms with van der Waals surface area (Å²) in [5.74, 6) is 3.87. The van der Waals surface area contributed by atoms with E-state index in [0.717, 1.165) is 6.42 Å². The van der Waals surface area contributed by atoms with Gasteiger partial charge in [-0.25, -0.2) is 9.67 Å². The van der Waals surface area contributed by atoms with E-state index in [0.29, 0.717) is 40.3 Å². The van der Waals surface area contributed by atoms with E-state index in [9.17, 15) is 4.79 Å². The minimum Gasteiger partial charge on any atom is -0.349 e. The first-order chi connectivity index (χ1) is 13.2. The van der Waals surface area contributed by atoms with Gasteiger partial charge in [0.1, 0.15) is 12.2 Å². The summed E-state index contributed by atoms with van der Waals surface area (Å²) < 4.78 is 2.20. The molecule has 142 valence electrons. The van der Waals surface area contributed by atoms with E-state index >= 15 is 0 Å². The molecule has 0 radical (unpaired) electrons. The van der Waals surface area contributed by atoms with Gasteiger partial charge in [-0.3, -0.25) is 4.79 Å². The smallest absolute Gasteiger partial charge is 0.251 e. The van der Waals surface area contributed by atoms with E-state index in [4.69, 9.17) is 11.6 Å². The number of benzene rings is 1. The van der Waals surface area contributed by atoms with Crippen molar-refractivity contribution in [3.05, 3.63) is 47.0 Å². The first kappa shape index (κ1) is 17.2. The van der Waals surface area contributed by atoms with Crippen LogP contribution in [0, 0.1) is 17.8 Å². The van der Waals surface area contributed by atoms with Crippen LogP contribution in [0.1, 0.15) is 67.2 Å². The molecular weight excluding hydrogens is 360 g/mol. The summed E-state index contributed by atoms with van der Waals surface area (Å²) in [4.78, 5) is 17.1. The van der Waals surface area contributed by atoms with Crippen molar-refractivity contribution in [2.24, 2.45) is 17.8 Å². The molecule has 1 aromatic heterocycles. The molecule has 3 aliphatic rings. The third kappa shape index (κ3) is 3.16. The number of hydrogen-bond donors (Lipinski definition) is 1. The fourth-order valence-electron chi connectivity index (χ4n) is 5.16. The summed E-state index contributed by atoms with van der Waals surface area (Å²) in [6.07, 6.45) is 7.55. The van der Waals surface area contributed by atoms with Crippen molar-refractivity contribution in [1.82, 2.24) is 20.1 Å². The summed E-state index contributed by atoms with van der Waals surface area (Å²) in [5.41, 5.74) is 0.679. The van der Waals surface area contributed by atoms with Gasteiger partial charge in [0.25, 0.3) is 5.91 Å². The second-order valence-corrected chi connectivity index (χ2v) is 8.80. The van der Waals surface area contributed by atoms with Gasteiger partial charge < -0.3 is 5.32 Å². The van der Waals surface area contributed by atoms with Crippen LogP contribution in [0.15, 0.2) is 30.6 Å². The number of hydrogen-bond acceptors (Lipinski definition) is 3. The number of amides is 1. The first-order valence-electron chi connectivity index (χ1n) is 10.1. The highest BCUT2D eigenvalue weighted by Crippen LogP contribution is 2.62. The van der Waals surface area contributed by atoms with E-state index in [-0.39, 0.29) is 11.9 Å². The predicted octanol–water partition coefficient (Wildman–Crippen LogP) is 4.21. The molecule has 6 heteroatoms. The van der Waals surface area contributed by atoms with Crippen molar-refractivity contribution in [2.75, 3.05) is 0 Å². The number of fused-ring (bicyclic) bond motifs is 1. The number of aromatic nitrogens is 3. The van der Waals surface area contributed by atoms with Gasteiger partial charge in [0.2, 0.25) is 0 Å². The Kier molecular flexibility index (Phi) is 4.23. The van der Waals surface area contributed by atoms with Crippen molar-refractivity contribution in [3.8, 4) is 0 Å². The molecule has 0 spiro atoms. The van der Waals surface area contributed by atoms with Gasteiger partial charge in [0.15, 0.2) is 0 Å². The van der Waals surface area contributed by atoms with Gasteiger partial charge in [-0.1, -0.05) is 18.5 Å². The van der Waals surface area contributed by atoms with E-state index in [2.05, 4.69) is 27.0 Å². The molecule has 0 bridgehead atoms. The molecule has 3 aliphatic carbocycles. The van der Waals surface area contributed by atoms with Crippen molar-refractivity contribution >= 4 is 17.5 Å². The van der Waals surface area contributed by atoms with E-state index < -0.39 is 0 Å². The minimum atomic E-state index is 0.00679. The molecule has 0 saturated heterocycles. The average molecular weight is 385 g/mol. The summed E-state index contributed by atoms with van der Waals surface area (Å²) >= 11 is 5.92. The molecule has 1 aromatic carbocycles. The fourth-order valence-corrected chi connectivity index (χ4v) is 5.28. The fraction of sp³-hybridized carbons (Fsp3) is 0.571. The summed E-state index contributed by atoms with van der Waals surface area (Å²) in [5, 5.41) is 8.44. The lowest BCUT2D eigenvalue weighted by Gasteiger charge is -2.22. The number of carbonyl (C=O) groups is 1. The van der Waals surface area contributed by atoms with E-state index in [1.54, 1.807) is 30.6 Å². The normalized spacial score (nSPS) is 30.0. The Morgan fingerprint density at radius 2 is 1.96 bits per heavy atom. The molecule has 3 saturated carbocycles. The lowest BCUT2D eigenvalue weighted by Crippen LogP contribution is -2.37. The molecule has 1 amide bonds. The quantitative estimate of drug-likeness (QED) is 0.811. The second kappa shape index (κ2) is 6.62. The van der Waals surface area contributed by atoms with Crippen LogP contribution < -0.4 is 5.32 Å². The number of rotatable bonds is 6. The van der Waals surface area contributed by atoms with Gasteiger partial charge in [0.05, 0.1) is 6.04 Å². The van der Waals surface area contributed by atoms with Gasteiger partial charge in [-0.15, -0.1) is 0 Å². The standard InChI is InChI=1S/C21H25ClN4O/c1-2-18(25-21(27)13-5-7-14(22)8-6-13)19-16-9-15(10-17(16)19)26-20(12-3-4-12)23-11-24-26/h5-8,11-12,15-19H,2-4,9-10H2,1H3,(H,25,27). The van der Waals surface area contributed by atoms with Gasteiger partial charge in [-0.05, 0) is 74.1 Å². The third-order valence-electron chi connectivity index (χ3n) is 6.70. The highest BCUT2D eigenvalue weighted by Gasteiger charge is 2.59. The average Bonchev–Trinajstić information content (AvgIpc) is 3.53. The van der Waals surface area contributed by atoms with Crippen LogP contribution in [0.2, 0.25) is 5.02 Å². The van der Waals surface area contributed by atoms with Crippen molar-refractivity contribution in [3.63, 3.8) is 0 Å². The Bertz CT molecular complexity index is 832. The molecule has 0 aliphatic heterocycles. The number of carbonyl (C=O) groups excluding carboxylic acids is 1. The molecule has 3 unspecified atom stereocenters. The van der Waals surface area contributed by atoms with Gasteiger partial charge in [0, 0.05) is 22.5 Å². The number of halogens is 1. The highest BCUT2D eigenvalue weighted by molar-refractivity contribution is 6.30. The maximum atomic E-state index is 12.6. The van der Waals surface area contributed by atoms with Crippen LogP contribution in [-0.2, 0) is 0 Å². The predicted molar refractivity (Wildman–Crippen MR) is 104 cm³/mol. The molecule has 3 fully saturated rings. The van der Waals surface area contributed by atoms with Crippen LogP contribution >= 0.6 is 11.6 Å². The Morgan fingerprint density at radius 1 is 1.26 bits per heavy atom. The maximum absolute atomic E-state index is 12.6. The van der Waals surface area contributed by atoms with E-state index in [1.165, 1.54) is 31.5 Å². The molecule has 5 rings (SSSR count). The Hall–Kier alpha value is -1.88. The molecule has 2 aromatic rings. The first-order valence-corrected chi connectivity index (χ1v) is 10.5. The molecular formula is C21H25ClN4O.